The zero-order valence-corrected chi connectivity index (χ0v) is 9.48. The zero-order chi connectivity index (χ0) is 13.9. The number of carbonyl (C=O) groups is 2. The molecule has 1 amide bonds. The van der Waals surface area contributed by atoms with Gasteiger partial charge in [-0.2, -0.15) is 0 Å². The van der Waals surface area contributed by atoms with Crippen molar-refractivity contribution < 1.29 is 28.6 Å². The summed E-state index contributed by atoms with van der Waals surface area (Å²) in [6, 6.07) is 1.38. The third kappa shape index (κ3) is 3.16. The van der Waals surface area contributed by atoms with Gasteiger partial charge in [-0.05, 0) is 12.1 Å². The van der Waals surface area contributed by atoms with Crippen molar-refractivity contribution >= 4 is 11.9 Å². The maximum absolute atomic E-state index is 13.0. The highest BCUT2D eigenvalue weighted by molar-refractivity contribution is 5.94. The number of nitrogens with zero attached hydrogens (tertiary/aromatic N) is 1. The molecule has 0 atom stereocenters. The molecule has 0 aliphatic carbocycles. The number of rotatable bonds is 4. The number of amides is 1. The van der Waals surface area contributed by atoms with E-state index in [-0.39, 0.29) is 18.5 Å². The second kappa shape index (κ2) is 5.44. The molecule has 0 bridgehead atoms. The molecule has 0 aliphatic rings. The first-order valence-electron chi connectivity index (χ1n) is 4.98. The topological polar surface area (TPSA) is 77.8 Å². The van der Waals surface area contributed by atoms with Crippen LogP contribution < -0.4 is 0 Å². The number of carbonyl (C=O) groups excluding carboxylic acids is 1. The number of carboxylic acids is 1. The summed E-state index contributed by atoms with van der Waals surface area (Å²) < 4.78 is 26.0. The second-order valence-electron chi connectivity index (χ2n) is 3.66. The van der Waals surface area contributed by atoms with Crippen molar-refractivity contribution in [2.75, 3.05) is 13.6 Å². The summed E-state index contributed by atoms with van der Waals surface area (Å²) in [6.07, 6.45) is -0.273. The maximum atomic E-state index is 13.0. The molecule has 0 aliphatic heterocycles. The Morgan fingerprint density at radius 2 is 1.78 bits per heavy atom. The molecule has 5 nitrogen and oxygen atoms in total. The van der Waals surface area contributed by atoms with Crippen LogP contribution in [0, 0.1) is 11.6 Å². The summed E-state index contributed by atoms with van der Waals surface area (Å²) in [5, 5.41) is 17.3. The van der Waals surface area contributed by atoms with Crippen LogP contribution in [0.2, 0.25) is 0 Å². The van der Waals surface area contributed by atoms with Crippen LogP contribution in [0.3, 0.4) is 0 Å². The Labute approximate surface area is 101 Å². The van der Waals surface area contributed by atoms with Crippen LogP contribution >= 0.6 is 0 Å². The van der Waals surface area contributed by atoms with Crippen LogP contribution in [0.25, 0.3) is 0 Å². The minimum absolute atomic E-state index is 0.0850. The minimum Gasteiger partial charge on any atom is -0.503 e. The van der Waals surface area contributed by atoms with E-state index in [9.17, 15) is 18.4 Å². The van der Waals surface area contributed by atoms with Gasteiger partial charge in [0.1, 0.15) is 0 Å². The molecule has 0 spiro atoms. The highest BCUT2D eigenvalue weighted by atomic mass is 19.1. The molecule has 1 aromatic carbocycles. The molecule has 18 heavy (non-hydrogen) atoms. The number of hydrogen-bond donors (Lipinski definition) is 2. The summed E-state index contributed by atoms with van der Waals surface area (Å²) in [4.78, 5) is 23.0. The van der Waals surface area contributed by atoms with Gasteiger partial charge in [0.25, 0.3) is 5.91 Å². The average molecular weight is 259 g/mol. The molecule has 98 valence electrons. The fourth-order valence-electron chi connectivity index (χ4n) is 1.27. The summed E-state index contributed by atoms with van der Waals surface area (Å²) >= 11 is 0. The van der Waals surface area contributed by atoms with Gasteiger partial charge in [-0.25, -0.2) is 8.78 Å². The van der Waals surface area contributed by atoms with Crippen LogP contribution in [0.5, 0.6) is 5.75 Å². The molecule has 2 N–H and O–H groups in total. The van der Waals surface area contributed by atoms with Crippen LogP contribution in [0.15, 0.2) is 12.1 Å². The van der Waals surface area contributed by atoms with Crippen molar-refractivity contribution in [1.82, 2.24) is 4.90 Å². The van der Waals surface area contributed by atoms with Crippen molar-refractivity contribution in [1.29, 1.82) is 0 Å². The number of carboxylic acid groups (broad SMARTS) is 1. The molecular formula is C11H11F2NO4. The van der Waals surface area contributed by atoms with E-state index in [0.717, 1.165) is 4.90 Å². The van der Waals surface area contributed by atoms with Crippen molar-refractivity contribution in [3.63, 3.8) is 0 Å². The quantitative estimate of drug-likeness (QED) is 0.852. The predicted octanol–water partition coefficient (Wildman–Crippen LogP) is 1.22. The zero-order valence-electron chi connectivity index (χ0n) is 9.48. The van der Waals surface area contributed by atoms with Gasteiger partial charge in [-0.15, -0.1) is 0 Å². The summed E-state index contributed by atoms with van der Waals surface area (Å²) in [5.74, 6) is -5.46. The molecule has 0 radical (unpaired) electrons. The van der Waals surface area contributed by atoms with E-state index < -0.39 is 29.3 Å². The van der Waals surface area contributed by atoms with Gasteiger partial charge in [0.2, 0.25) is 0 Å². The van der Waals surface area contributed by atoms with E-state index in [4.69, 9.17) is 10.2 Å². The number of phenols is 1. The first-order valence-corrected chi connectivity index (χ1v) is 4.98. The Hall–Kier alpha value is -2.18. The lowest BCUT2D eigenvalue weighted by molar-refractivity contribution is -0.137. The lowest BCUT2D eigenvalue weighted by Gasteiger charge is -2.16. The molecule has 0 saturated heterocycles. The van der Waals surface area contributed by atoms with E-state index in [0.29, 0.717) is 12.1 Å². The predicted molar refractivity (Wildman–Crippen MR) is 57.2 cm³/mol. The fraction of sp³-hybridized carbons (Fsp3) is 0.273. The van der Waals surface area contributed by atoms with E-state index in [1.807, 2.05) is 0 Å². The van der Waals surface area contributed by atoms with Crippen LogP contribution in [0.1, 0.15) is 16.8 Å². The molecule has 0 fully saturated rings. The Balaban J connectivity index is 2.87. The Morgan fingerprint density at radius 3 is 2.22 bits per heavy atom. The van der Waals surface area contributed by atoms with Gasteiger partial charge >= 0.3 is 5.97 Å². The van der Waals surface area contributed by atoms with Gasteiger partial charge in [-0.1, -0.05) is 0 Å². The van der Waals surface area contributed by atoms with Crippen molar-refractivity contribution in [2.24, 2.45) is 0 Å². The average Bonchev–Trinajstić information content (AvgIpc) is 2.31. The van der Waals surface area contributed by atoms with Crippen molar-refractivity contribution in [3.8, 4) is 5.75 Å². The van der Waals surface area contributed by atoms with E-state index >= 15 is 0 Å². The van der Waals surface area contributed by atoms with E-state index in [1.165, 1.54) is 7.05 Å². The van der Waals surface area contributed by atoms with Crippen LogP contribution in [-0.4, -0.2) is 40.6 Å². The lowest BCUT2D eigenvalue weighted by Crippen LogP contribution is -2.29. The molecule has 0 aromatic heterocycles. The number of phenolic OH excluding ortho intramolecular Hbond substituents is 1. The smallest absolute Gasteiger partial charge is 0.305 e. The first-order chi connectivity index (χ1) is 8.32. The third-order valence-corrected chi connectivity index (χ3v) is 2.27. The molecule has 7 heteroatoms. The molecule has 1 aromatic rings. The maximum Gasteiger partial charge on any atom is 0.305 e. The first kappa shape index (κ1) is 13.9. The Morgan fingerprint density at radius 1 is 1.28 bits per heavy atom. The molecule has 0 unspecified atom stereocenters. The Kier molecular flexibility index (Phi) is 4.19. The summed E-state index contributed by atoms with van der Waals surface area (Å²) in [6.45, 7) is -0.0850. The van der Waals surface area contributed by atoms with Gasteiger partial charge in [0, 0.05) is 19.2 Å². The Bertz CT molecular complexity index is 467. The lowest BCUT2D eigenvalue weighted by atomic mass is 10.1. The van der Waals surface area contributed by atoms with E-state index in [1.54, 1.807) is 0 Å². The highest BCUT2D eigenvalue weighted by Gasteiger charge is 2.17. The van der Waals surface area contributed by atoms with Crippen molar-refractivity contribution in [3.05, 3.63) is 29.3 Å². The minimum atomic E-state index is -1.25. The van der Waals surface area contributed by atoms with Gasteiger partial charge < -0.3 is 15.1 Å². The highest BCUT2D eigenvalue weighted by Crippen LogP contribution is 2.22. The number of aliphatic carboxylic acids is 1. The van der Waals surface area contributed by atoms with Gasteiger partial charge in [0.05, 0.1) is 6.42 Å². The summed E-state index contributed by atoms with van der Waals surface area (Å²) in [7, 11) is 1.31. The standard InChI is InChI=1S/C11H11F2NO4/c1-14(3-2-9(15)16)11(18)6-4-7(12)10(17)8(13)5-6/h4-5,17H,2-3H2,1H3,(H,15,16). The van der Waals surface area contributed by atoms with Crippen LogP contribution in [-0.2, 0) is 4.79 Å². The number of benzene rings is 1. The number of aromatic hydroxyl groups is 1. The second-order valence-corrected chi connectivity index (χ2v) is 3.66. The van der Waals surface area contributed by atoms with Gasteiger partial charge in [0.15, 0.2) is 17.4 Å². The molecule has 0 heterocycles. The molecule has 1 rings (SSSR count). The number of halogens is 2. The van der Waals surface area contributed by atoms with Gasteiger partial charge in [-0.3, -0.25) is 9.59 Å². The SMILES string of the molecule is CN(CCC(=O)O)C(=O)c1cc(F)c(O)c(F)c1. The summed E-state index contributed by atoms with van der Waals surface area (Å²) in [5.41, 5.74) is -0.296. The van der Waals surface area contributed by atoms with Crippen molar-refractivity contribution in [2.45, 2.75) is 6.42 Å². The molecular weight excluding hydrogens is 248 g/mol. The fourth-order valence-corrected chi connectivity index (χ4v) is 1.27. The van der Waals surface area contributed by atoms with E-state index in [2.05, 4.69) is 0 Å². The molecule has 0 saturated carbocycles. The van der Waals surface area contributed by atoms with Crippen LogP contribution in [0.4, 0.5) is 8.78 Å². The number of hydrogen-bond acceptors (Lipinski definition) is 3. The third-order valence-electron chi connectivity index (χ3n) is 2.27. The monoisotopic (exact) mass is 259 g/mol. The largest absolute Gasteiger partial charge is 0.503 e. The normalized spacial score (nSPS) is 10.2.